The molecule has 3 N–H and O–H groups in total. The molecular formula is C14H17BrN4. The highest BCUT2D eigenvalue weighted by atomic mass is 79.9. The Labute approximate surface area is 121 Å². The summed E-state index contributed by atoms with van der Waals surface area (Å²) in [5.41, 5.74) is 4.56. The van der Waals surface area contributed by atoms with Crippen LogP contribution in [0, 0.1) is 5.92 Å². The molecule has 1 aromatic heterocycles. The maximum absolute atomic E-state index is 5.48. The van der Waals surface area contributed by atoms with E-state index in [-0.39, 0.29) is 0 Å². The predicted molar refractivity (Wildman–Crippen MR) is 81.5 cm³/mol. The molecule has 0 fully saturated rings. The van der Waals surface area contributed by atoms with Crippen molar-refractivity contribution in [2.24, 2.45) is 11.8 Å². The van der Waals surface area contributed by atoms with Crippen LogP contribution in [0.4, 0.5) is 5.82 Å². The van der Waals surface area contributed by atoms with Crippen molar-refractivity contribution in [1.29, 1.82) is 0 Å². The van der Waals surface area contributed by atoms with Crippen LogP contribution < -0.4 is 11.3 Å². The van der Waals surface area contributed by atoms with Crippen molar-refractivity contribution in [3.8, 4) is 11.4 Å². The van der Waals surface area contributed by atoms with Gasteiger partial charge in [-0.2, -0.15) is 0 Å². The number of hydrogen-bond acceptors (Lipinski definition) is 4. The second-order valence-corrected chi connectivity index (χ2v) is 5.74. The number of nitrogens with two attached hydrogens (primary N) is 1. The molecule has 0 bridgehead atoms. The van der Waals surface area contributed by atoms with E-state index in [4.69, 9.17) is 5.84 Å². The van der Waals surface area contributed by atoms with Crippen LogP contribution in [0.1, 0.15) is 19.5 Å². The zero-order chi connectivity index (χ0) is 13.8. The normalized spacial score (nSPS) is 10.8. The zero-order valence-electron chi connectivity index (χ0n) is 11.0. The number of halogens is 1. The Bertz CT molecular complexity index is 569. The average molecular weight is 321 g/mol. The maximum atomic E-state index is 5.48. The van der Waals surface area contributed by atoms with E-state index in [1.807, 2.05) is 30.3 Å². The summed E-state index contributed by atoms with van der Waals surface area (Å²) in [6.45, 7) is 4.33. The van der Waals surface area contributed by atoms with Crippen LogP contribution in [0.5, 0.6) is 0 Å². The molecule has 0 aliphatic rings. The Morgan fingerprint density at radius 2 is 2.05 bits per heavy atom. The van der Waals surface area contributed by atoms with Crippen LogP contribution in [0.3, 0.4) is 0 Å². The molecule has 0 saturated carbocycles. The lowest BCUT2D eigenvalue weighted by molar-refractivity contribution is 0.635. The summed E-state index contributed by atoms with van der Waals surface area (Å²) in [6.07, 6.45) is 0.901. The third-order valence-electron chi connectivity index (χ3n) is 2.63. The molecule has 0 atom stereocenters. The molecule has 2 rings (SSSR count). The number of nitrogens with one attached hydrogen (secondary N) is 1. The van der Waals surface area contributed by atoms with E-state index in [0.29, 0.717) is 17.6 Å². The van der Waals surface area contributed by atoms with Crippen molar-refractivity contribution in [1.82, 2.24) is 9.97 Å². The van der Waals surface area contributed by atoms with Crippen molar-refractivity contribution < 1.29 is 0 Å². The molecule has 0 unspecified atom stereocenters. The number of anilines is 1. The van der Waals surface area contributed by atoms with Crippen LogP contribution in [0.2, 0.25) is 0 Å². The lowest BCUT2D eigenvalue weighted by Gasteiger charge is -2.09. The van der Waals surface area contributed by atoms with Crippen molar-refractivity contribution >= 4 is 21.7 Å². The van der Waals surface area contributed by atoms with Gasteiger partial charge in [0.05, 0.1) is 0 Å². The lowest BCUT2D eigenvalue weighted by Crippen LogP contribution is -2.11. The monoisotopic (exact) mass is 320 g/mol. The van der Waals surface area contributed by atoms with Crippen molar-refractivity contribution in [2.75, 3.05) is 5.43 Å². The molecule has 2 aromatic rings. The van der Waals surface area contributed by atoms with E-state index >= 15 is 0 Å². The number of rotatable bonds is 4. The molecule has 0 aliphatic carbocycles. The molecular weight excluding hydrogens is 304 g/mol. The first kappa shape index (κ1) is 14.0. The summed E-state index contributed by atoms with van der Waals surface area (Å²) in [4.78, 5) is 9.01. The SMILES string of the molecule is CC(C)Cc1cc(NN)nc(-c2cccc(Br)c2)n1. The van der Waals surface area contributed by atoms with E-state index in [1.54, 1.807) is 0 Å². The number of hydrogen-bond donors (Lipinski definition) is 2. The van der Waals surface area contributed by atoms with Crippen LogP contribution >= 0.6 is 15.9 Å². The van der Waals surface area contributed by atoms with Gasteiger partial charge in [-0.1, -0.05) is 41.9 Å². The van der Waals surface area contributed by atoms with Gasteiger partial charge < -0.3 is 5.43 Å². The quantitative estimate of drug-likeness (QED) is 0.669. The first-order valence-corrected chi connectivity index (χ1v) is 6.98. The maximum Gasteiger partial charge on any atom is 0.161 e. The standard InChI is InChI=1S/C14H17BrN4/c1-9(2)6-12-8-13(19-16)18-14(17-12)10-4-3-5-11(15)7-10/h3-5,7-9H,6,16H2,1-2H3,(H,17,18,19). The first-order valence-electron chi connectivity index (χ1n) is 6.19. The summed E-state index contributed by atoms with van der Waals surface area (Å²) >= 11 is 3.46. The van der Waals surface area contributed by atoms with Gasteiger partial charge in [0.25, 0.3) is 0 Å². The van der Waals surface area contributed by atoms with Gasteiger partial charge in [0, 0.05) is 21.8 Å². The zero-order valence-corrected chi connectivity index (χ0v) is 12.6. The summed E-state index contributed by atoms with van der Waals surface area (Å²) in [5.74, 6) is 7.34. The van der Waals surface area contributed by atoms with Gasteiger partial charge in [-0.05, 0) is 24.5 Å². The van der Waals surface area contributed by atoms with E-state index in [2.05, 4.69) is 45.2 Å². The molecule has 0 radical (unpaired) electrons. The van der Waals surface area contributed by atoms with E-state index in [0.717, 1.165) is 22.2 Å². The van der Waals surface area contributed by atoms with E-state index in [1.165, 1.54) is 0 Å². The average Bonchev–Trinajstić information content (AvgIpc) is 2.37. The van der Waals surface area contributed by atoms with Gasteiger partial charge in [-0.25, -0.2) is 15.8 Å². The number of hydrazine groups is 1. The lowest BCUT2D eigenvalue weighted by atomic mass is 10.1. The summed E-state index contributed by atoms with van der Waals surface area (Å²) < 4.78 is 1.00. The highest BCUT2D eigenvalue weighted by Crippen LogP contribution is 2.22. The van der Waals surface area contributed by atoms with Gasteiger partial charge in [0.15, 0.2) is 5.82 Å². The summed E-state index contributed by atoms with van der Waals surface area (Å²) in [6, 6.07) is 9.81. The fourth-order valence-electron chi connectivity index (χ4n) is 1.85. The topological polar surface area (TPSA) is 63.8 Å². The second kappa shape index (κ2) is 6.12. The van der Waals surface area contributed by atoms with Gasteiger partial charge in [0.1, 0.15) is 5.82 Å². The van der Waals surface area contributed by atoms with Crippen molar-refractivity contribution in [3.05, 3.63) is 40.5 Å². The fraction of sp³-hybridized carbons (Fsp3) is 0.286. The summed E-state index contributed by atoms with van der Waals surface area (Å²) in [5, 5.41) is 0. The minimum Gasteiger partial charge on any atom is -0.308 e. The molecule has 4 nitrogen and oxygen atoms in total. The molecule has 0 aliphatic heterocycles. The van der Waals surface area contributed by atoms with Gasteiger partial charge in [-0.3, -0.25) is 0 Å². The number of benzene rings is 1. The third-order valence-corrected chi connectivity index (χ3v) is 3.12. The molecule has 0 amide bonds. The minimum absolute atomic E-state index is 0.538. The Hall–Kier alpha value is -1.46. The number of aromatic nitrogens is 2. The van der Waals surface area contributed by atoms with Crippen LogP contribution in [-0.2, 0) is 6.42 Å². The molecule has 100 valence electrons. The highest BCUT2D eigenvalue weighted by Gasteiger charge is 2.08. The molecule has 1 heterocycles. The Morgan fingerprint density at radius 1 is 1.26 bits per heavy atom. The van der Waals surface area contributed by atoms with Crippen LogP contribution in [0.25, 0.3) is 11.4 Å². The Balaban J connectivity index is 2.44. The van der Waals surface area contributed by atoms with Crippen LogP contribution in [0.15, 0.2) is 34.8 Å². The highest BCUT2D eigenvalue weighted by molar-refractivity contribution is 9.10. The molecule has 0 spiro atoms. The van der Waals surface area contributed by atoms with Gasteiger partial charge in [0.2, 0.25) is 0 Å². The number of nitrogens with zero attached hydrogens (tertiary/aromatic N) is 2. The summed E-state index contributed by atoms with van der Waals surface area (Å²) in [7, 11) is 0. The fourth-order valence-corrected chi connectivity index (χ4v) is 2.25. The van der Waals surface area contributed by atoms with Crippen LogP contribution in [-0.4, -0.2) is 9.97 Å². The largest absolute Gasteiger partial charge is 0.308 e. The smallest absolute Gasteiger partial charge is 0.161 e. The van der Waals surface area contributed by atoms with E-state index in [9.17, 15) is 0 Å². The van der Waals surface area contributed by atoms with Crippen molar-refractivity contribution in [3.63, 3.8) is 0 Å². The molecule has 5 heteroatoms. The molecule has 19 heavy (non-hydrogen) atoms. The molecule has 1 aromatic carbocycles. The first-order chi connectivity index (χ1) is 9.08. The van der Waals surface area contributed by atoms with Crippen molar-refractivity contribution in [2.45, 2.75) is 20.3 Å². The minimum atomic E-state index is 0.538. The Kier molecular flexibility index (Phi) is 4.50. The second-order valence-electron chi connectivity index (χ2n) is 4.82. The predicted octanol–water partition coefficient (Wildman–Crippen LogP) is 3.39. The van der Waals surface area contributed by atoms with E-state index < -0.39 is 0 Å². The third kappa shape index (κ3) is 3.75. The Morgan fingerprint density at radius 3 is 2.68 bits per heavy atom. The number of nitrogen functional groups attached to an aromatic ring is 1. The van der Waals surface area contributed by atoms with Gasteiger partial charge >= 0.3 is 0 Å². The molecule has 0 saturated heterocycles. The van der Waals surface area contributed by atoms with Gasteiger partial charge in [-0.15, -0.1) is 0 Å².